The summed E-state index contributed by atoms with van der Waals surface area (Å²) in [6.45, 7) is 3.70. The minimum Gasteiger partial charge on any atom is -0.462 e. The van der Waals surface area contributed by atoms with Gasteiger partial charge in [-0.1, -0.05) is 114 Å². The predicted molar refractivity (Wildman–Crippen MR) is 188 cm³/mol. The Balaban J connectivity index is 4.16. The molecule has 46 heavy (non-hydrogen) atoms. The van der Waals surface area contributed by atoms with E-state index in [0.717, 1.165) is 84.2 Å². The quantitative estimate of drug-likeness (QED) is 0.0326. The number of esters is 2. The van der Waals surface area contributed by atoms with Gasteiger partial charge >= 0.3 is 19.8 Å². The van der Waals surface area contributed by atoms with Gasteiger partial charge in [0.05, 0.1) is 6.61 Å². The van der Waals surface area contributed by atoms with Crippen molar-refractivity contribution < 1.29 is 37.6 Å². The van der Waals surface area contributed by atoms with E-state index in [9.17, 15) is 19.0 Å². The molecule has 2 unspecified atom stereocenters. The third-order valence-electron chi connectivity index (χ3n) is 7.31. The fourth-order valence-electron chi connectivity index (χ4n) is 4.55. The molecule has 2 atom stereocenters. The lowest BCUT2D eigenvalue weighted by Crippen LogP contribution is -2.29. The zero-order valence-corrected chi connectivity index (χ0v) is 30.1. The van der Waals surface area contributed by atoms with Crippen LogP contribution in [-0.2, 0) is 32.7 Å². The van der Waals surface area contributed by atoms with Crippen LogP contribution in [0.4, 0.5) is 0 Å². The van der Waals surface area contributed by atoms with Crippen LogP contribution in [0.2, 0.25) is 0 Å². The molecule has 0 aromatic rings. The van der Waals surface area contributed by atoms with Crippen molar-refractivity contribution in [2.75, 3.05) is 20.3 Å². The van der Waals surface area contributed by atoms with E-state index in [1.54, 1.807) is 0 Å². The molecule has 9 heteroatoms. The van der Waals surface area contributed by atoms with E-state index in [-0.39, 0.29) is 19.4 Å². The second-order valence-corrected chi connectivity index (χ2v) is 13.2. The van der Waals surface area contributed by atoms with E-state index in [0.29, 0.717) is 6.42 Å². The summed E-state index contributed by atoms with van der Waals surface area (Å²) in [5, 5.41) is 0. The van der Waals surface area contributed by atoms with E-state index >= 15 is 0 Å². The lowest BCUT2D eigenvalue weighted by atomic mass is 10.1. The third-order valence-corrected chi connectivity index (χ3v) is 8.24. The number of hydrogen-bond donors (Lipinski definition) is 1. The molecule has 0 saturated heterocycles. The lowest BCUT2D eigenvalue weighted by Gasteiger charge is -2.19. The average molecular weight is 669 g/mol. The average Bonchev–Trinajstić information content (AvgIpc) is 3.04. The first-order chi connectivity index (χ1) is 22.3. The molecule has 0 spiro atoms. The molecule has 0 heterocycles. The molecule has 0 rings (SSSR count). The summed E-state index contributed by atoms with van der Waals surface area (Å²) < 4.78 is 31.8. The Labute approximate surface area is 280 Å². The smallest absolute Gasteiger partial charge is 0.462 e. The molecule has 0 aromatic carbocycles. The number of allylic oxidation sites excluding steroid dienone is 8. The fourth-order valence-corrected chi connectivity index (χ4v) is 5.01. The molecule has 0 fully saturated rings. The van der Waals surface area contributed by atoms with Gasteiger partial charge < -0.3 is 14.4 Å². The van der Waals surface area contributed by atoms with Gasteiger partial charge in [-0.25, -0.2) is 4.57 Å². The monoisotopic (exact) mass is 668 g/mol. The van der Waals surface area contributed by atoms with Gasteiger partial charge in [-0.15, -0.1) is 0 Å². The maximum Gasteiger partial charge on any atom is 0.472 e. The largest absolute Gasteiger partial charge is 0.472 e. The van der Waals surface area contributed by atoms with Gasteiger partial charge in [-0.3, -0.25) is 18.6 Å². The number of carbonyl (C=O) groups excluding carboxylic acids is 2. The van der Waals surface area contributed by atoms with Crippen LogP contribution >= 0.6 is 7.82 Å². The van der Waals surface area contributed by atoms with Crippen molar-refractivity contribution in [3.05, 3.63) is 48.6 Å². The molecule has 0 aliphatic carbocycles. The topological polar surface area (TPSA) is 108 Å². The Morgan fingerprint density at radius 2 is 1.11 bits per heavy atom. The van der Waals surface area contributed by atoms with Crippen molar-refractivity contribution >= 4 is 19.8 Å². The SMILES string of the molecule is CC/C=C\C/C=C\C/C=C\CCCCCC(=O)OC(COC(=O)CCCCCCC/C=C\CCCCCCC)COP(=O)(O)OC. The molecule has 0 aliphatic heterocycles. The first-order valence-electron chi connectivity index (χ1n) is 17.8. The van der Waals surface area contributed by atoms with Crippen molar-refractivity contribution in [1.29, 1.82) is 0 Å². The van der Waals surface area contributed by atoms with Crippen LogP contribution in [0.3, 0.4) is 0 Å². The van der Waals surface area contributed by atoms with Crippen molar-refractivity contribution in [3.63, 3.8) is 0 Å². The number of phosphoric acid groups is 1. The van der Waals surface area contributed by atoms with E-state index in [1.165, 1.54) is 38.5 Å². The molecule has 0 amide bonds. The van der Waals surface area contributed by atoms with Gasteiger partial charge in [-0.05, 0) is 70.6 Å². The van der Waals surface area contributed by atoms with Crippen LogP contribution in [0.1, 0.15) is 149 Å². The normalized spacial score (nSPS) is 14.1. The molecule has 0 aliphatic rings. The highest BCUT2D eigenvalue weighted by Gasteiger charge is 2.24. The molecule has 0 radical (unpaired) electrons. The zero-order valence-electron chi connectivity index (χ0n) is 29.2. The first-order valence-corrected chi connectivity index (χ1v) is 19.3. The van der Waals surface area contributed by atoms with Crippen LogP contribution in [0, 0.1) is 0 Å². The van der Waals surface area contributed by atoms with Crippen molar-refractivity contribution in [1.82, 2.24) is 0 Å². The van der Waals surface area contributed by atoms with Gasteiger partial charge in [0.2, 0.25) is 0 Å². The number of carbonyl (C=O) groups is 2. The van der Waals surface area contributed by atoms with Crippen molar-refractivity contribution in [2.45, 2.75) is 155 Å². The number of hydrogen-bond acceptors (Lipinski definition) is 7. The van der Waals surface area contributed by atoms with Crippen LogP contribution in [-0.4, -0.2) is 43.3 Å². The summed E-state index contributed by atoms with van der Waals surface area (Å²) in [7, 11) is -3.22. The molecular weight excluding hydrogens is 603 g/mol. The van der Waals surface area contributed by atoms with E-state index in [4.69, 9.17) is 14.0 Å². The van der Waals surface area contributed by atoms with Gasteiger partial charge in [0.25, 0.3) is 0 Å². The Morgan fingerprint density at radius 3 is 1.70 bits per heavy atom. The number of rotatable bonds is 32. The zero-order chi connectivity index (χ0) is 34.0. The Kier molecular flexibility index (Phi) is 31.5. The summed E-state index contributed by atoms with van der Waals surface area (Å²) in [4.78, 5) is 34.2. The number of phosphoric ester groups is 1. The van der Waals surface area contributed by atoms with Crippen LogP contribution < -0.4 is 0 Å². The van der Waals surface area contributed by atoms with Gasteiger partial charge in [-0.2, -0.15) is 0 Å². The second kappa shape index (κ2) is 32.9. The minimum atomic E-state index is -4.26. The summed E-state index contributed by atoms with van der Waals surface area (Å²) in [6.07, 6.45) is 37.3. The summed E-state index contributed by atoms with van der Waals surface area (Å²) in [5.74, 6) is -0.854. The Bertz CT molecular complexity index is 896. The highest BCUT2D eigenvalue weighted by Crippen LogP contribution is 2.42. The Morgan fingerprint density at radius 1 is 0.630 bits per heavy atom. The second-order valence-electron chi connectivity index (χ2n) is 11.6. The van der Waals surface area contributed by atoms with E-state index in [2.05, 4.69) is 67.0 Å². The molecule has 266 valence electrons. The maximum atomic E-state index is 12.4. The number of unbranched alkanes of at least 4 members (excludes halogenated alkanes) is 13. The fraction of sp³-hybridized carbons (Fsp3) is 0.730. The lowest BCUT2D eigenvalue weighted by molar-refractivity contribution is -0.161. The summed E-state index contributed by atoms with van der Waals surface area (Å²) in [5.41, 5.74) is 0. The van der Waals surface area contributed by atoms with Gasteiger partial charge in [0.1, 0.15) is 6.61 Å². The minimum absolute atomic E-state index is 0.206. The molecule has 0 aromatic heterocycles. The standard InChI is InChI=1S/C37H65O8P/c1-4-6-8-10-12-14-16-18-20-21-23-25-27-29-31-36(38)43-33-35(34-44-46(40,41)42-3)45-37(39)32-30-28-26-24-22-19-17-15-13-11-9-7-5-2/h7,9,13,15-16,18-19,22,35H,4-6,8,10-12,14,17,20-21,23-34H2,1-3H3,(H,40,41)/b9-7-,15-13-,18-16-,22-19-. The molecule has 1 N–H and O–H groups in total. The maximum absolute atomic E-state index is 12.4. The third kappa shape index (κ3) is 32.0. The van der Waals surface area contributed by atoms with E-state index < -0.39 is 32.5 Å². The number of ether oxygens (including phenoxy) is 2. The van der Waals surface area contributed by atoms with E-state index in [1.807, 2.05) is 0 Å². The summed E-state index contributed by atoms with van der Waals surface area (Å²) >= 11 is 0. The van der Waals surface area contributed by atoms with Crippen LogP contribution in [0.25, 0.3) is 0 Å². The molecule has 8 nitrogen and oxygen atoms in total. The predicted octanol–water partition coefficient (Wildman–Crippen LogP) is 10.7. The molecule has 0 saturated carbocycles. The highest BCUT2D eigenvalue weighted by molar-refractivity contribution is 7.47. The highest BCUT2D eigenvalue weighted by atomic mass is 31.2. The summed E-state index contributed by atoms with van der Waals surface area (Å²) in [6, 6.07) is 0. The van der Waals surface area contributed by atoms with Crippen LogP contribution in [0.5, 0.6) is 0 Å². The van der Waals surface area contributed by atoms with Gasteiger partial charge in [0, 0.05) is 20.0 Å². The first kappa shape index (κ1) is 44.0. The van der Waals surface area contributed by atoms with Crippen LogP contribution in [0.15, 0.2) is 48.6 Å². The van der Waals surface area contributed by atoms with Crippen molar-refractivity contribution in [3.8, 4) is 0 Å². The molecule has 0 bridgehead atoms. The van der Waals surface area contributed by atoms with Gasteiger partial charge in [0.15, 0.2) is 6.10 Å². The molecular formula is C37H65O8P. The van der Waals surface area contributed by atoms with Crippen molar-refractivity contribution in [2.24, 2.45) is 0 Å². The Hall–Kier alpha value is -1.99.